The maximum absolute atomic E-state index is 12.5. The van der Waals surface area contributed by atoms with Crippen molar-refractivity contribution in [1.29, 1.82) is 0 Å². The highest BCUT2D eigenvalue weighted by atomic mass is 16.1. The minimum Gasteiger partial charge on any atom is -0.350 e. The number of H-pyrrole nitrogens is 1. The number of aromatic amines is 1. The molecule has 0 spiro atoms. The number of para-hydroxylation sites is 1. The molecule has 4 aromatic rings. The number of aryl methyl sites for hydroxylation is 2. The first-order chi connectivity index (χ1) is 14.5. The standard InChI is InChI=1S/C23H23N5O2/c1-15(19-13-22(30)27-23(26-19)18-8-5-6-12-24-18)25-21(29)11-10-16-14-28(2)20-9-4-3-7-17(16)20/h3-9,12-15H,10-11H2,1-2H3,(H,25,29)(H,26,27,30)/t15-/m1/s1. The van der Waals surface area contributed by atoms with Crippen molar-refractivity contribution in [3.63, 3.8) is 0 Å². The Morgan fingerprint density at radius 2 is 2.00 bits per heavy atom. The van der Waals surface area contributed by atoms with Gasteiger partial charge in [-0.05, 0) is 37.1 Å². The molecular formula is C23H23N5O2. The van der Waals surface area contributed by atoms with Gasteiger partial charge in [-0.1, -0.05) is 24.3 Å². The summed E-state index contributed by atoms with van der Waals surface area (Å²) >= 11 is 0. The number of rotatable bonds is 6. The number of carbonyl (C=O) groups is 1. The second kappa shape index (κ2) is 8.32. The van der Waals surface area contributed by atoms with E-state index in [0.29, 0.717) is 30.1 Å². The lowest BCUT2D eigenvalue weighted by atomic mass is 10.1. The predicted molar refractivity (Wildman–Crippen MR) is 116 cm³/mol. The number of carbonyl (C=O) groups excluding carboxylic acids is 1. The molecule has 1 aromatic carbocycles. The van der Waals surface area contributed by atoms with E-state index in [1.54, 1.807) is 18.3 Å². The molecule has 2 N–H and O–H groups in total. The van der Waals surface area contributed by atoms with Gasteiger partial charge in [0.05, 0.1) is 11.7 Å². The van der Waals surface area contributed by atoms with Gasteiger partial charge in [0, 0.05) is 42.8 Å². The first-order valence-electron chi connectivity index (χ1n) is 9.86. The van der Waals surface area contributed by atoms with Crippen LogP contribution in [0.4, 0.5) is 0 Å². The number of fused-ring (bicyclic) bond motifs is 1. The van der Waals surface area contributed by atoms with Crippen molar-refractivity contribution < 1.29 is 4.79 Å². The minimum absolute atomic E-state index is 0.0862. The molecule has 0 aliphatic rings. The summed E-state index contributed by atoms with van der Waals surface area (Å²) in [5.41, 5.74) is 3.08. The summed E-state index contributed by atoms with van der Waals surface area (Å²) in [4.78, 5) is 36.0. The molecule has 7 heteroatoms. The summed E-state index contributed by atoms with van der Waals surface area (Å²) in [6.45, 7) is 1.82. The Labute approximate surface area is 173 Å². The molecule has 1 atom stereocenters. The third kappa shape index (κ3) is 4.15. The summed E-state index contributed by atoms with van der Waals surface area (Å²) in [5, 5.41) is 4.11. The summed E-state index contributed by atoms with van der Waals surface area (Å²) < 4.78 is 2.07. The quantitative estimate of drug-likeness (QED) is 0.519. The Bertz CT molecular complexity index is 1240. The lowest BCUT2D eigenvalue weighted by molar-refractivity contribution is -0.121. The van der Waals surface area contributed by atoms with Gasteiger partial charge < -0.3 is 14.9 Å². The Kier molecular flexibility index (Phi) is 5.43. The zero-order chi connectivity index (χ0) is 21.1. The number of amides is 1. The number of nitrogens with one attached hydrogen (secondary N) is 2. The summed E-state index contributed by atoms with van der Waals surface area (Å²) in [6.07, 6.45) is 4.70. The molecule has 152 valence electrons. The number of pyridine rings is 1. The normalized spacial score (nSPS) is 12.1. The van der Waals surface area contributed by atoms with Crippen molar-refractivity contribution in [1.82, 2.24) is 24.8 Å². The van der Waals surface area contributed by atoms with Gasteiger partial charge in [-0.3, -0.25) is 14.6 Å². The minimum atomic E-state index is -0.394. The molecule has 0 saturated heterocycles. The van der Waals surface area contributed by atoms with E-state index in [9.17, 15) is 9.59 Å². The Morgan fingerprint density at radius 3 is 2.80 bits per heavy atom. The Morgan fingerprint density at radius 1 is 1.20 bits per heavy atom. The monoisotopic (exact) mass is 401 g/mol. The van der Waals surface area contributed by atoms with Gasteiger partial charge >= 0.3 is 0 Å². The number of hydrogen-bond donors (Lipinski definition) is 2. The summed E-state index contributed by atoms with van der Waals surface area (Å²) in [6, 6.07) is 14.6. The average molecular weight is 401 g/mol. The topological polar surface area (TPSA) is 92.7 Å². The van der Waals surface area contributed by atoms with Crippen molar-refractivity contribution in [3.8, 4) is 11.5 Å². The predicted octanol–water partition coefficient (Wildman–Crippen LogP) is 3.13. The Balaban J connectivity index is 1.45. The molecule has 4 rings (SSSR count). The number of hydrogen-bond acceptors (Lipinski definition) is 4. The zero-order valence-corrected chi connectivity index (χ0v) is 16.9. The number of benzene rings is 1. The maximum atomic E-state index is 12.5. The van der Waals surface area contributed by atoms with Crippen LogP contribution in [0.15, 0.2) is 65.7 Å². The van der Waals surface area contributed by atoms with Crippen LogP contribution in [0.5, 0.6) is 0 Å². The third-order valence-corrected chi connectivity index (χ3v) is 5.09. The second-order valence-electron chi connectivity index (χ2n) is 7.31. The van der Waals surface area contributed by atoms with Crippen LogP contribution in [0, 0.1) is 0 Å². The van der Waals surface area contributed by atoms with Crippen molar-refractivity contribution in [2.45, 2.75) is 25.8 Å². The van der Waals surface area contributed by atoms with E-state index in [4.69, 9.17) is 0 Å². The second-order valence-corrected chi connectivity index (χ2v) is 7.31. The van der Waals surface area contributed by atoms with Crippen molar-refractivity contribution in [3.05, 3.63) is 82.5 Å². The molecule has 0 aliphatic carbocycles. The highest BCUT2D eigenvalue weighted by Gasteiger charge is 2.15. The summed E-state index contributed by atoms with van der Waals surface area (Å²) in [7, 11) is 2.01. The van der Waals surface area contributed by atoms with Crippen molar-refractivity contribution >= 4 is 16.8 Å². The van der Waals surface area contributed by atoms with E-state index in [0.717, 1.165) is 16.5 Å². The van der Waals surface area contributed by atoms with Gasteiger partial charge in [0.1, 0.15) is 5.69 Å². The van der Waals surface area contributed by atoms with E-state index in [2.05, 4.69) is 43.2 Å². The van der Waals surface area contributed by atoms with Gasteiger partial charge in [0.2, 0.25) is 5.91 Å². The molecule has 3 aromatic heterocycles. The van der Waals surface area contributed by atoms with Crippen LogP contribution < -0.4 is 10.9 Å². The highest BCUT2D eigenvalue weighted by Crippen LogP contribution is 2.21. The van der Waals surface area contributed by atoms with Gasteiger partial charge in [0.15, 0.2) is 5.82 Å². The van der Waals surface area contributed by atoms with E-state index in [1.165, 1.54) is 6.07 Å². The fourth-order valence-corrected chi connectivity index (χ4v) is 3.58. The molecule has 0 fully saturated rings. The molecule has 1 amide bonds. The third-order valence-electron chi connectivity index (χ3n) is 5.09. The van der Waals surface area contributed by atoms with Crippen LogP contribution in [0.3, 0.4) is 0 Å². The number of nitrogens with zero attached hydrogens (tertiary/aromatic N) is 3. The number of aromatic nitrogens is 4. The van der Waals surface area contributed by atoms with Crippen LogP contribution >= 0.6 is 0 Å². The van der Waals surface area contributed by atoms with Crippen LogP contribution in [-0.2, 0) is 18.3 Å². The van der Waals surface area contributed by atoms with Crippen LogP contribution in [0.25, 0.3) is 22.4 Å². The van der Waals surface area contributed by atoms with E-state index >= 15 is 0 Å². The van der Waals surface area contributed by atoms with Gasteiger partial charge in [-0.2, -0.15) is 0 Å². The smallest absolute Gasteiger partial charge is 0.251 e. The van der Waals surface area contributed by atoms with E-state index in [-0.39, 0.29) is 11.5 Å². The summed E-state index contributed by atoms with van der Waals surface area (Å²) in [5.74, 6) is 0.298. The molecular weight excluding hydrogens is 378 g/mol. The molecule has 0 bridgehead atoms. The SMILES string of the molecule is C[C@@H](NC(=O)CCc1cn(C)c2ccccc12)c1cc(=O)[nH]c(-c2ccccn2)n1. The molecule has 0 radical (unpaired) electrons. The van der Waals surface area contributed by atoms with E-state index < -0.39 is 6.04 Å². The highest BCUT2D eigenvalue weighted by molar-refractivity contribution is 5.85. The molecule has 0 unspecified atom stereocenters. The fraction of sp³-hybridized carbons (Fsp3) is 0.217. The van der Waals surface area contributed by atoms with Crippen LogP contribution in [0.1, 0.15) is 30.6 Å². The average Bonchev–Trinajstić information content (AvgIpc) is 3.08. The first-order valence-corrected chi connectivity index (χ1v) is 9.86. The zero-order valence-electron chi connectivity index (χ0n) is 16.9. The molecule has 30 heavy (non-hydrogen) atoms. The lowest BCUT2D eigenvalue weighted by Crippen LogP contribution is -2.28. The van der Waals surface area contributed by atoms with Gasteiger partial charge in [0.25, 0.3) is 5.56 Å². The lowest BCUT2D eigenvalue weighted by Gasteiger charge is -2.14. The first kappa shape index (κ1) is 19.6. The van der Waals surface area contributed by atoms with Gasteiger partial charge in [-0.15, -0.1) is 0 Å². The van der Waals surface area contributed by atoms with Gasteiger partial charge in [-0.25, -0.2) is 4.98 Å². The largest absolute Gasteiger partial charge is 0.350 e. The van der Waals surface area contributed by atoms with Crippen molar-refractivity contribution in [2.24, 2.45) is 7.05 Å². The van der Waals surface area contributed by atoms with Crippen LogP contribution in [0.2, 0.25) is 0 Å². The fourth-order valence-electron chi connectivity index (χ4n) is 3.58. The Hall–Kier alpha value is -3.74. The van der Waals surface area contributed by atoms with Crippen molar-refractivity contribution in [2.75, 3.05) is 0 Å². The molecule has 0 aliphatic heterocycles. The molecule has 0 saturated carbocycles. The molecule has 7 nitrogen and oxygen atoms in total. The van der Waals surface area contributed by atoms with Crippen LogP contribution in [-0.4, -0.2) is 25.4 Å². The molecule has 3 heterocycles. The maximum Gasteiger partial charge on any atom is 0.251 e. The van der Waals surface area contributed by atoms with E-state index in [1.807, 2.05) is 32.2 Å².